The summed E-state index contributed by atoms with van der Waals surface area (Å²) >= 11 is 0. The van der Waals surface area contributed by atoms with Gasteiger partial charge in [0.25, 0.3) is 0 Å². The highest BCUT2D eigenvalue weighted by Crippen LogP contribution is 2.34. The second-order valence-corrected chi connectivity index (χ2v) is 7.43. The van der Waals surface area contributed by atoms with Gasteiger partial charge in [0, 0.05) is 41.8 Å². The number of benzene rings is 1. The smallest absolute Gasteiger partial charge is 0.369 e. The van der Waals surface area contributed by atoms with Crippen LogP contribution in [0.25, 0.3) is 28.0 Å². The minimum absolute atomic E-state index is 0.0815. The molecule has 3 N–H and O–H groups in total. The van der Waals surface area contributed by atoms with Crippen molar-refractivity contribution in [3.05, 3.63) is 64.3 Å². The number of aryl methyl sites for hydroxylation is 3. The molecular weight excluding hydrogens is 425 g/mol. The SMILES string of the molecule is Cc1cc(-c2c(-c3ccccc3)nc(N)n3c(=O)n(CCC(F)(F)F)nc23)cc(C)[n+]1O. The molecule has 0 aliphatic heterocycles. The van der Waals surface area contributed by atoms with Crippen molar-refractivity contribution in [3.63, 3.8) is 0 Å². The molecule has 4 rings (SSSR count). The van der Waals surface area contributed by atoms with E-state index in [9.17, 15) is 23.2 Å². The molecule has 4 aromatic rings. The van der Waals surface area contributed by atoms with E-state index in [2.05, 4.69) is 10.1 Å². The predicted octanol–water partition coefficient (Wildman–Crippen LogP) is 2.90. The lowest BCUT2D eigenvalue weighted by Crippen LogP contribution is -2.37. The van der Waals surface area contributed by atoms with Crippen molar-refractivity contribution in [1.29, 1.82) is 0 Å². The maximum absolute atomic E-state index is 12.8. The van der Waals surface area contributed by atoms with E-state index >= 15 is 0 Å². The molecule has 0 fully saturated rings. The molecule has 0 aliphatic rings. The Morgan fingerprint density at radius 3 is 2.31 bits per heavy atom. The van der Waals surface area contributed by atoms with Crippen LogP contribution in [0.4, 0.5) is 19.1 Å². The molecule has 0 spiro atoms. The van der Waals surface area contributed by atoms with E-state index < -0.39 is 24.8 Å². The number of alkyl halides is 3. The van der Waals surface area contributed by atoms with E-state index in [4.69, 9.17) is 5.73 Å². The summed E-state index contributed by atoms with van der Waals surface area (Å²) in [6, 6.07) is 12.4. The number of rotatable bonds is 4. The minimum atomic E-state index is -4.44. The third-order valence-electron chi connectivity index (χ3n) is 5.10. The standard InChI is InChI=1S/C21H19F3N6O2/c1-12-10-15(11-13(2)30(12)32)16-17(14-6-4-3-5-7-14)26-19(25)29-18(16)27-28(20(29)31)9-8-21(22,23)24/h3-7,10-11,25,32H,8-9H2,1-2H3/p+1. The van der Waals surface area contributed by atoms with Crippen molar-refractivity contribution in [2.75, 3.05) is 5.73 Å². The fourth-order valence-electron chi connectivity index (χ4n) is 3.59. The Hall–Kier alpha value is -3.89. The topological polar surface area (TPSA) is 102 Å². The molecule has 8 nitrogen and oxygen atoms in total. The highest BCUT2D eigenvalue weighted by Gasteiger charge is 2.29. The maximum Gasteiger partial charge on any atom is 0.390 e. The van der Waals surface area contributed by atoms with Crippen LogP contribution in [0.3, 0.4) is 0 Å². The molecule has 0 amide bonds. The van der Waals surface area contributed by atoms with Gasteiger partial charge in [0.05, 0.1) is 24.2 Å². The van der Waals surface area contributed by atoms with Gasteiger partial charge < -0.3 is 5.73 Å². The van der Waals surface area contributed by atoms with Gasteiger partial charge in [0.1, 0.15) is 0 Å². The van der Waals surface area contributed by atoms with Crippen molar-refractivity contribution in [2.24, 2.45) is 0 Å². The number of aromatic nitrogens is 5. The van der Waals surface area contributed by atoms with E-state index in [1.165, 1.54) is 0 Å². The van der Waals surface area contributed by atoms with Crippen molar-refractivity contribution in [2.45, 2.75) is 33.0 Å². The fourth-order valence-corrected chi connectivity index (χ4v) is 3.59. The number of anilines is 1. The zero-order valence-electron chi connectivity index (χ0n) is 17.3. The molecule has 0 saturated heterocycles. The highest BCUT2D eigenvalue weighted by molar-refractivity contribution is 5.90. The van der Waals surface area contributed by atoms with Crippen molar-refractivity contribution < 1.29 is 23.1 Å². The summed E-state index contributed by atoms with van der Waals surface area (Å²) in [4.78, 5) is 17.2. The van der Waals surface area contributed by atoms with Crippen LogP contribution in [0.1, 0.15) is 17.8 Å². The minimum Gasteiger partial charge on any atom is -0.369 e. The molecule has 0 radical (unpaired) electrons. The second-order valence-electron chi connectivity index (χ2n) is 7.43. The fraction of sp³-hybridized carbons (Fsp3) is 0.238. The summed E-state index contributed by atoms with van der Waals surface area (Å²) < 4.78 is 41.0. The first-order chi connectivity index (χ1) is 15.1. The number of pyridine rings is 1. The molecule has 0 aliphatic carbocycles. The van der Waals surface area contributed by atoms with Crippen LogP contribution in [0.2, 0.25) is 0 Å². The van der Waals surface area contributed by atoms with Crippen LogP contribution in [0, 0.1) is 13.8 Å². The molecule has 0 bridgehead atoms. The maximum atomic E-state index is 12.8. The first kappa shape index (κ1) is 21.3. The van der Waals surface area contributed by atoms with Gasteiger partial charge in [0.2, 0.25) is 17.3 Å². The van der Waals surface area contributed by atoms with Crippen molar-refractivity contribution in [3.8, 4) is 22.4 Å². The van der Waals surface area contributed by atoms with Gasteiger partial charge >= 0.3 is 11.9 Å². The first-order valence-electron chi connectivity index (χ1n) is 9.71. The largest absolute Gasteiger partial charge is 0.390 e. The van der Waals surface area contributed by atoms with Crippen LogP contribution >= 0.6 is 0 Å². The summed E-state index contributed by atoms with van der Waals surface area (Å²) in [7, 11) is 0. The normalized spacial score (nSPS) is 11.9. The van der Waals surface area contributed by atoms with Gasteiger partial charge in [-0.25, -0.2) is 18.9 Å². The molecule has 166 valence electrons. The number of hydrogen-bond donors (Lipinski definition) is 2. The molecule has 0 atom stereocenters. The molecular formula is C21H20F3N6O2+. The Morgan fingerprint density at radius 2 is 1.72 bits per heavy atom. The van der Waals surface area contributed by atoms with Gasteiger partial charge in [-0.15, -0.1) is 5.10 Å². The Morgan fingerprint density at radius 1 is 1.09 bits per heavy atom. The number of fused-ring (bicyclic) bond motifs is 1. The lowest BCUT2D eigenvalue weighted by Gasteiger charge is -2.12. The molecule has 11 heteroatoms. The summed E-state index contributed by atoms with van der Waals surface area (Å²) in [5.41, 5.74) is 8.44. The summed E-state index contributed by atoms with van der Waals surface area (Å²) in [5, 5.41) is 14.3. The van der Waals surface area contributed by atoms with E-state index in [1.807, 2.05) is 6.07 Å². The number of hydrogen-bond acceptors (Lipinski definition) is 5. The second kappa shape index (κ2) is 7.66. The Kier molecular flexibility index (Phi) is 5.11. The van der Waals surface area contributed by atoms with E-state index in [0.29, 0.717) is 33.8 Å². The zero-order chi connectivity index (χ0) is 23.2. The molecule has 3 heterocycles. The lowest BCUT2D eigenvalue weighted by molar-refractivity contribution is -0.912. The number of nitrogens with zero attached hydrogens (tertiary/aromatic N) is 5. The van der Waals surface area contributed by atoms with E-state index in [0.717, 1.165) is 13.8 Å². The van der Waals surface area contributed by atoms with Gasteiger partial charge in [-0.3, -0.25) is 5.21 Å². The van der Waals surface area contributed by atoms with Crippen molar-refractivity contribution >= 4 is 11.6 Å². The van der Waals surface area contributed by atoms with Gasteiger partial charge in [0.15, 0.2) is 5.65 Å². The predicted molar refractivity (Wildman–Crippen MR) is 110 cm³/mol. The lowest BCUT2D eigenvalue weighted by atomic mass is 9.99. The quantitative estimate of drug-likeness (QED) is 0.372. The van der Waals surface area contributed by atoms with Gasteiger partial charge in [-0.2, -0.15) is 13.2 Å². The molecule has 32 heavy (non-hydrogen) atoms. The van der Waals surface area contributed by atoms with Crippen LogP contribution in [-0.4, -0.2) is 30.5 Å². The van der Waals surface area contributed by atoms with Crippen LogP contribution in [0.5, 0.6) is 0 Å². The number of halogens is 3. The zero-order valence-corrected chi connectivity index (χ0v) is 17.3. The third kappa shape index (κ3) is 3.77. The van der Waals surface area contributed by atoms with E-state index in [1.54, 1.807) is 50.2 Å². The van der Waals surface area contributed by atoms with Crippen LogP contribution in [0.15, 0.2) is 47.3 Å². The van der Waals surface area contributed by atoms with E-state index in [-0.39, 0.29) is 11.6 Å². The summed E-state index contributed by atoms with van der Waals surface area (Å²) in [6.45, 7) is 2.73. The summed E-state index contributed by atoms with van der Waals surface area (Å²) in [6.07, 6.45) is -5.65. The van der Waals surface area contributed by atoms with Gasteiger partial charge in [-0.05, 0) is 0 Å². The number of nitrogens with two attached hydrogens (primary N) is 1. The van der Waals surface area contributed by atoms with Gasteiger partial charge in [-0.1, -0.05) is 30.3 Å². The average Bonchev–Trinajstić information content (AvgIpc) is 3.07. The van der Waals surface area contributed by atoms with Crippen molar-refractivity contribution in [1.82, 2.24) is 19.2 Å². The van der Waals surface area contributed by atoms with Crippen LogP contribution < -0.4 is 16.2 Å². The average molecular weight is 445 g/mol. The summed E-state index contributed by atoms with van der Waals surface area (Å²) in [5.74, 6) is -0.188. The molecule has 1 aromatic carbocycles. The molecule has 0 saturated carbocycles. The molecule has 3 aromatic heterocycles. The number of nitrogen functional groups attached to an aromatic ring is 1. The monoisotopic (exact) mass is 445 g/mol. The Labute approximate surface area is 180 Å². The Balaban J connectivity index is 2.06. The molecule has 0 unspecified atom stereocenters. The Bertz CT molecular complexity index is 1350. The van der Waals surface area contributed by atoms with Crippen LogP contribution in [-0.2, 0) is 6.54 Å². The first-order valence-corrected chi connectivity index (χ1v) is 9.71. The third-order valence-corrected chi connectivity index (χ3v) is 5.10. The highest BCUT2D eigenvalue weighted by atomic mass is 19.4.